The Labute approximate surface area is 112 Å². The fraction of sp³-hybridized carbons (Fsp3) is 0.500. The number of ketones is 1. The lowest BCUT2D eigenvalue weighted by Crippen LogP contribution is -2.52. The van der Waals surface area contributed by atoms with E-state index >= 15 is 0 Å². The molecule has 0 aliphatic carbocycles. The van der Waals surface area contributed by atoms with Gasteiger partial charge in [0.05, 0.1) is 6.54 Å². The maximum Gasteiger partial charge on any atom is 0.340 e. The Balaban J connectivity index is 2.43. The van der Waals surface area contributed by atoms with Crippen molar-refractivity contribution in [2.24, 2.45) is 0 Å². The van der Waals surface area contributed by atoms with Gasteiger partial charge in [-0.25, -0.2) is 14.3 Å². The molecule has 1 aliphatic rings. The van der Waals surface area contributed by atoms with Crippen LogP contribution in [0.2, 0.25) is 0 Å². The van der Waals surface area contributed by atoms with Gasteiger partial charge in [0.1, 0.15) is 5.78 Å². The summed E-state index contributed by atoms with van der Waals surface area (Å²) in [5.74, 6) is 5.61. The summed E-state index contributed by atoms with van der Waals surface area (Å²) in [6, 6.07) is 4.50. The molecule has 1 atom stereocenters. The van der Waals surface area contributed by atoms with Gasteiger partial charge >= 0.3 is 15.0 Å². The summed E-state index contributed by atoms with van der Waals surface area (Å²) in [4.78, 5) is 11.7. The van der Waals surface area contributed by atoms with Crippen molar-refractivity contribution in [1.82, 2.24) is 4.31 Å². The molecule has 2 rings (SSSR count). The number of carbonyl (C=O) groups is 1. The number of hydrogen-bond donors (Lipinski definition) is 1. The summed E-state index contributed by atoms with van der Waals surface area (Å²) >= 11 is 0. The van der Waals surface area contributed by atoms with Crippen LogP contribution in [0.25, 0.3) is 0 Å². The monoisotopic (exact) mass is 284 g/mol. The summed E-state index contributed by atoms with van der Waals surface area (Å²) in [5.41, 5.74) is 0. The van der Waals surface area contributed by atoms with E-state index in [9.17, 15) is 13.2 Å². The molecule has 0 amide bonds. The van der Waals surface area contributed by atoms with Crippen molar-refractivity contribution in [2.45, 2.75) is 37.3 Å². The van der Waals surface area contributed by atoms with Crippen molar-refractivity contribution in [3.05, 3.63) is 24.4 Å². The van der Waals surface area contributed by atoms with Crippen LogP contribution in [0, 0.1) is 0 Å². The van der Waals surface area contributed by atoms with Gasteiger partial charge in [0.25, 0.3) is 0 Å². The number of sulfonamides is 1. The first-order chi connectivity index (χ1) is 8.93. The highest BCUT2D eigenvalue weighted by molar-refractivity contribution is 7.89. The zero-order valence-corrected chi connectivity index (χ0v) is 11.6. The summed E-state index contributed by atoms with van der Waals surface area (Å²) in [5, 5.41) is -0.00319. The maximum atomic E-state index is 12.6. The van der Waals surface area contributed by atoms with Crippen LogP contribution in [0.3, 0.4) is 0 Å². The zero-order chi connectivity index (χ0) is 14.0. The third-order valence-corrected chi connectivity index (χ3v) is 5.31. The zero-order valence-electron chi connectivity index (χ0n) is 10.8. The van der Waals surface area contributed by atoms with E-state index in [0.717, 1.165) is 11.1 Å². The van der Waals surface area contributed by atoms with Crippen molar-refractivity contribution < 1.29 is 17.9 Å². The van der Waals surface area contributed by atoms with Crippen molar-refractivity contribution in [3.8, 4) is 0 Å². The molecule has 104 valence electrons. The van der Waals surface area contributed by atoms with Crippen LogP contribution in [0.5, 0.6) is 0 Å². The van der Waals surface area contributed by atoms with Crippen LogP contribution in [-0.2, 0) is 14.8 Å². The second kappa shape index (κ2) is 5.26. The molecule has 0 saturated carbocycles. The highest BCUT2D eigenvalue weighted by atomic mass is 32.2. The lowest BCUT2D eigenvalue weighted by molar-refractivity contribution is -0.678. The van der Waals surface area contributed by atoms with Gasteiger partial charge < -0.3 is 0 Å². The average Bonchev–Trinajstić information content (AvgIpc) is 2.52. The molecule has 6 nitrogen and oxygen atoms in total. The van der Waals surface area contributed by atoms with Gasteiger partial charge in [-0.1, -0.05) is 4.68 Å². The minimum absolute atomic E-state index is 0.00319. The standard InChI is InChI=1S/C12H18N3O3S/c1-10-5-4-6-11(16)9-15(10)19(17,18)12-7-2-3-8-14(12)13/h2-3,7-8,10H,4-6,9,13H2,1H3/q+1/t10-/m1/s1. The molecule has 0 spiro atoms. The second-order valence-electron chi connectivity index (χ2n) is 4.78. The van der Waals surface area contributed by atoms with Crippen LogP contribution >= 0.6 is 0 Å². The molecule has 0 unspecified atom stereocenters. The minimum atomic E-state index is -3.75. The third-order valence-electron chi connectivity index (χ3n) is 3.33. The van der Waals surface area contributed by atoms with Gasteiger partial charge in [0, 0.05) is 24.6 Å². The molecule has 0 aromatic carbocycles. The maximum absolute atomic E-state index is 12.6. The van der Waals surface area contributed by atoms with Crippen molar-refractivity contribution in [1.29, 1.82) is 0 Å². The predicted octanol–water partition coefficient (Wildman–Crippen LogP) is -0.180. The number of carbonyl (C=O) groups excluding carboxylic acids is 1. The average molecular weight is 284 g/mol. The third kappa shape index (κ3) is 2.76. The Hall–Kier alpha value is -1.47. The highest BCUT2D eigenvalue weighted by Gasteiger charge is 2.37. The van der Waals surface area contributed by atoms with E-state index in [1.54, 1.807) is 12.1 Å². The van der Waals surface area contributed by atoms with Crippen LogP contribution in [0.1, 0.15) is 26.2 Å². The number of pyridine rings is 1. The Kier molecular flexibility index (Phi) is 3.86. The SMILES string of the molecule is C[C@@H]1CCCC(=O)CN1S(=O)(=O)c1cccc[n+]1N. The summed E-state index contributed by atoms with van der Waals surface area (Å²) in [6.07, 6.45) is 3.32. The van der Waals surface area contributed by atoms with Gasteiger partial charge in [-0.15, -0.1) is 0 Å². The van der Waals surface area contributed by atoms with E-state index in [0.29, 0.717) is 12.8 Å². The molecule has 0 bridgehead atoms. The van der Waals surface area contributed by atoms with Gasteiger partial charge in [0.2, 0.25) is 6.20 Å². The second-order valence-corrected chi connectivity index (χ2v) is 6.61. The summed E-state index contributed by atoms with van der Waals surface area (Å²) in [6.45, 7) is 1.75. The number of rotatable bonds is 2. The van der Waals surface area contributed by atoms with Crippen LogP contribution in [0.15, 0.2) is 29.4 Å². The molecule has 2 N–H and O–H groups in total. The minimum Gasteiger partial charge on any atom is -0.298 e. The first-order valence-electron chi connectivity index (χ1n) is 6.22. The lowest BCUT2D eigenvalue weighted by Gasteiger charge is -2.23. The Morgan fingerprint density at radius 3 is 2.84 bits per heavy atom. The van der Waals surface area contributed by atoms with Gasteiger partial charge in [-0.05, 0) is 25.8 Å². The molecule has 1 aromatic rings. The number of nitrogens with two attached hydrogens (primary N) is 1. The number of hydrogen-bond acceptors (Lipinski definition) is 4. The Morgan fingerprint density at radius 2 is 2.16 bits per heavy atom. The number of Topliss-reactive ketones (excluding diaryl/α,β-unsaturated/α-hetero) is 1. The smallest absolute Gasteiger partial charge is 0.298 e. The van der Waals surface area contributed by atoms with Gasteiger partial charge in [-0.2, -0.15) is 4.31 Å². The fourth-order valence-electron chi connectivity index (χ4n) is 2.25. The van der Waals surface area contributed by atoms with E-state index in [4.69, 9.17) is 5.84 Å². The summed E-state index contributed by atoms with van der Waals surface area (Å²) in [7, 11) is -3.75. The summed E-state index contributed by atoms with van der Waals surface area (Å²) < 4.78 is 27.5. The Bertz CT molecular complexity index is 586. The van der Waals surface area contributed by atoms with Crippen LogP contribution in [0.4, 0.5) is 0 Å². The van der Waals surface area contributed by atoms with E-state index in [1.165, 1.54) is 16.6 Å². The lowest BCUT2D eigenvalue weighted by atomic mass is 10.1. The van der Waals surface area contributed by atoms with Crippen molar-refractivity contribution >= 4 is 15.8 Å². The van der Waals surface area contributed by atoms with Crippen molar-refractivity contribution in [3.63, 3.8) is 0 Å². The fourth-order valence-corrected chi connectivity index (χ4v) is 3.96. The number of aromatic nitrogens is 1. The molecule has 0 radical (unpaired) electrons. The van der Waals surface area contributed by atoms with E-state index in [2.05, 4.69) is 0 Å². The molecule has 7 heteroatoms. The van der Waals surface area contributed by atoms with Crippen LogP contribution in [-0.4, -0.2) is 31.1 Å². The number of nitrogens with zero attached hydrogens (tertiary/aromatic N) is 2. The molecule has 1 saturated heterocycles. The number of nitrogen functional groups attached to an aromatic ring is 1. The largest absolute Gasteiger partial charge is 0.340 e. The highest BCUT2D eigenvalue weighted by Crippen LogP contribution is 2.21. The van der Waals surface area contributed by atoms with Gasteiger partial charge in [-0.3, -0.25) is 4.79 Å². The molecule has 19 heavy (non-hydrogen) atoms. The molecule has 1 aliphatic heterocycles. The first-order valence-corrected chi connectivity index (χ1v) is 7.66. The molecule has 1 fully saturated rings. The normalized spacial score (nSPS) is 22.2. The topological polar surface area (TPSA) is 84.4 Å². The molecular formula is C12H18N3O3S+. The van der Waals surface area contributed by atoms with E-state index in [-0.39, 0.29) is 23.4 Å². The molecular weight excluding hydrogens is 266 g/mol. The van der Waals surface area contributed by atoms with E-state index in [1.807, 2.05) is 6.92 Å². The van der Waals surface area contributed by atoms with Crippen LogP contribution < -0.4 is 10.5 Å². The van der Waals surface area contributed by atoms with Gasteiger partial charge in [0.15, 0.2) is 0 Å². The first kappa shape index (κ1) is 14.0. The predicted molar refractivity (Wildman–Crippen MR) is 69.0 cm³/mol. The molecule has 2 heterocycles. The van der Waals surface area contributed by atoms with Crippen molar-refractivity contribution in [2.75, 3.05) is 12.4 Å². The Morgan fingerprint density at radius 1 is 1.42 bits per heavy atom. The van der Waals surface area contributed by atoms with E-state index < -0.39 is 10.0 Å². The quantitative estimate of drug-likeness (QED) is 0.603. The molecule has 1 aromatic heterocycles.